The third-order valence-electron chi connectivity index (χ3n) is 2.72. The molecule has 0 amide bonds. The van der Waals surface area contributed by atoms with Gasteiger partial charge in [0.05, 0.1) is 32.0 Å². The minimum atomic E-state index is -1.05. The highest BCUT2D eigenvalue weighted by Crippen LogP contribution is 2.35. The summed E-state index contributed by atoms with van der Waals surface area (Å²) in [5, 5.41) is 0. The van der Waals surface area contributed by atoms with Crippen LogP contribution in [0.3, 0.4) is 0 Å². The van der Waals surface area contributed by atoms with Crippen molar-refractivity contribution in [1.82, 2.24) is 0 Å². The Morgan fingerprint density at radius 3 is 1.96 bits per heavy atom. The second-order valence-electron chi connectivity index (χ2n) is 4.36. The Morgan fingerprint density at radius 2 is 1.46 bits per heavy atom. The molecule has 0 aliphatic rings. The van der Waals surface area contributed by atoms with E-state index in [4.69, 9.17) is 28.4 Å². The summed E-state index contributed by atoms with van der Waals surface area (Å²) >= 11 is 0. The first-order valence-electron chi connectivity index (χ1n) is 7.01. The maximum atomic E-state index is 14.2. The van der Waals surface area contributed by atoms with E-state index in [1.807, 2.05) is 0 Å². The van der Waals surface area contributed by atoms with Crippen molar-refractivity contribution in [2.75, 3.05) is 54.2 Å². The average molecular weight is 350 g/mol. The number of carbonyl (C=O) groups is 1. The van der Waals surface area contributed by atoms with Gasteiger partial charge in [-0.1, -0.05) is 0 Å². The van der Waals surface area contributed by atoms with Crippen LogP contribution in [-0.2, 0) is 18.9 Å². The fourth-order valence-electron chi connectivity index (χ4n) is 1.56. The highest BCUT2D eigenvalue weighted by Gasteiger charge is 2.21. The van der Waals surface area contributed by atoms with Crippen LogP contribution in [0.5, 0.6) is 11.5 Å². The van der Waals surface area contributed by atoms with E-state index in [2.05, 4.69) is 0 Å². The lowest BCUT2D eigenvalue weighted by atomic mass is 10.2. The molecule has 7 nitrogen and oxygen atoms in total. The molecule has 0 aromatic heterocycles. The van der Waals surface area contributed by atoms with Gasteiger partial charge in [-0.15, -0.1) is 0 Å². The third-order valence-corrected chi connectivity index (χ3v) is 2.72. The van der Waals surface area contributed by atoms with Gasteiger partial charge in [0.1, 0.15) is 0 Å². The Bertz CT molecular complexity index is 511. The SMILES string of the molecule is COCCOCOc1c(F)cc(C=O)c(F)c1OCOCCOC. The molecule has 0 unspecified atom stereocenters. The van der Waals surface area contributed by atoms with Gasteiger partial charge in [-0.2, -0.15) is 0 Å². The van der Waals surface area contributed by atoms with Crippen molar-refractivity contribution in [3.63, 3.8) is 0 Å². The first kappa shape index (κ1) is 20.2. The first-order chi connectivity index (χ1) is 11.7. The Hall–Kier alpha value is -1.81. The van der Waals surface area contributed by atoms with E-state index in [-0.39, 0.29) is 33.1 Å². The molecule has 24 heavy (non-hydrogen) atoms. The summed E-state index contributed by atoms with van der Waals surface area (Å²) in [4.78, 5) is 10.8. The maximum Gasteiger partial charge on any atom is 0.203 e. The zero-order valence-corrected chi connectivity index (χ0v) is 13.5. The molecule has 0 heterocycles. The molecular formula is C15H20F2O7. The number of rotatable bonds is 13. The summed E-state index contributed by atoms with van der Waals surface area (Å²) < 4.78 is 57.9. The number of carbonyl (C=O) groups excluding carboxylic acids is 1. The van der Waals surface area contributed by atoms with Gasteiger partial charge < -0.3 is 28.4 Å². The van der Waals surface area contributed by atoms with Gasteiger partial charge in [0, 0.05) is 14.2 Å². The number of hydrogen-bond donors (Lipinski definition) is 0. The highest BCUT2D eigenvalue weighted by atomic mass is 19.1. The van der Waals surface area contributed by atoms with Crippen LogP contribution >= 0.6 is 0 Å². The maximum absolute atomic E-state index is 14.2. The minimum absolute atomic E-state index is 0.177. The number of methoxy groups -OCH3 is 2. The van der Waals surface area contributed by atoms with E-state index in [1.165, 1.54) is 14.2 Å². The quantitative estimate of drug-likeness (QED) is 0.305. The van der Waals surface area contributed by atoms with Gasteiger partial charge >= 0.3 is 0 Å². The number of ether oxygens (including phenoxy) is 6. The smallest absolute Gasteiger partial charge is 0.203 e. The highest BCUT2D eigenvalue weighted by molar-refractivity contribution is 5.77. The Morgan fingerprint density at radius 1 is 0.917 bits per heavy atom. The van der Waals surface area contributed by atoms with Crippen molar-refractivity contribution in [3.05, 3.63) is 23.3 Å². The number of benzene rings is 1. The standard InChI is InChI=1S/C15H20F2O7/c1-19-3-5-21-9-23-14-12(16)7-11(8-18)13(17)15(14)24-10-22-6-4-20-2/h7-8H,3-6,9-10H2,1-2H3. The Kier molecular flexibility index (Phi) is 9.85. The third kappa shape index (κ3) is 6.36. The number of halogens is 2. The van der Waals surface area contributed by atoms with Crippen LogP contribution in [0.2, 0.25) is 0 Å². The van der Waals surface area contributed by atoms with Gasteiger partial charge in [0.2, 0.25) is 11.5 Å². The van der Waals surface area contributed by atoms with E-state index in [9.17, 15) is 13.6 Å². The minimum Gasteiger partial charge on any atom is -0.460 e. The van der Waals surface area contributed by atoms with Gasteiger partial charge in [0.15, 0.2) is 31.5 Å². The van der Waals surface area contributed by atoms with E-state index in [0.717, 1.165) is 0 Å². The molecule has 0 radical (unpaired) electrons. The van der Waals surface area contributed by atoms with Crippen molar-refractivity contribution >= 4 is 6.29 Å². The van der Waals surface area contributed by atoms with Gasteiger partial charge in [-0.05, 0) is 6.07 Å². The fraction of sp³-hybridized carbons (Fsp3) is 0.533. The van der Waals surface area contributed by atoms with Gasteiger partial charge in [0.25, 0.3) is 0 Å². The van der Waals surface area contributed by atoms with Crippen molar-refractivity contribution in [1.29, 1.82) is 0 Å². The molecule has 0 N–H and O–H groups in total. The molecule has 0 atom stereocenters. The summed E-state index contributed by atoms with van der Waals surface area (Å²) in [5.74, 6) is -3.08. The van der Waals surface area contributed by atoms with Crippen LogP contribution in [0, 0.1) is 11.6 Å². The number of aldehydes is 1. The first-order valence-corrected chi connectivity index (χ1v) is 7.01. The molecule has 1 aromatic carbocycles. The summed E-state index contributed by atoms with van der Waals surface area (Å²) in [6.07, 6.45) is 0.177. The molecule has 1 aromatic rings. The topological polar surface area (TPSA) is 72.5 Å². The van der Waals surface area contributed by atoms with Crippen molar-refractivity contribution < 1.29 is 42.0 Å². The van der Waals surface area contributed by atoms with Crippen molar-refractivity contribution in [2.24, 2.45) is 0 Å². The predicted molar refractivity (Wildman–Crippen MR) is 78.4 cm³/mol. The molecule has 0 saturated heterocycles. The van der Waals surface area contributed by atoms with Crippen LogP contribution in [0.4, 0.5) is 8.78 Å². The molecule has 9 heteroatoms. The predicted octanol–water partition coefficient (Wildman–Crippen LogP) is 1.78. The Labute approximate surface area is 138 Å². The van der Waals surface area contributed by atoms with Crippen LogP contribution < -0.4 is 9.47 Å². The molecule has 0 bridgehead atoms. The fourth-order valence-corrected chi connectivity index (χ4v) is 1.56. The summed E-state index contributed by atoms with van der Waals surface area (Å²) in [5.41, 5.74) is -0.493. The van der Waals surface area contributed by atoms with E-state index < -0.39 is 28.7 Å². The lowest BCUT2D eigenvalue weighted by molar-refractivity contribution is -0.0234. The second-order valence-corrected chi connectivity index (χ2v) is 4.36. The van der Waals surface area contributed by atoms with Crippen LogP contribution in [0.1, 0.15) is 10.4 Å². The Balaban J connectivity index is 2.78. The molecule has 0 aliphatic carbocycles. The number of hydrogen-bond acceptors (Lipinski definition) is 7. The zero-order chi connectivity index (χ0) is 17.8. The van der Waals surface area contributed by atoms with E-state index >= 15 is 0 Å². The van der Waals surface area contributed by atoms with E-state index in [1.54, 1.807) is 0 Å². The van der Waals surface area contributed by atoms with Crippen LogP contribution in [0.25, 0.3) is 0 Å². The summed E-state index contributed by atoms with van der Waals surface area (Å²) in [6, 6.07) is 0.714. The lowest BCUT2D eigenvalue weighted by Gasteiger charge is -2.15. The van der Waals surface area contributed by atoms with Gasteiger partial charge in [-0.3, -0.25) is 4.79 Å². The molecule has 0 fully saturated rings. The summed E-state index contributed by atoms with van der Waals surface area (Å²) in [7, 11) is 2.98. The molecular weight excluding hydrogens is 330 g/mol. The van der Waals surface area contributed by atoms with E-state index in [0.29, 0.717) is 19.3 Å². The van der Waals surface area contributed by atoms with Crippen molar-refractivity contribution in [2.45, 2.75) is 0 Å². The zero-order valence-electron chi connectivity index (χ0n) is 13.5. The average Bonchev–Trinajstić information content (AvgIpc) is 2.58. The van der Waals surface area contributed by atoms with Crippen molar-refractivity contribution in [3.8, 4) is 11.5 Å². The second kappa shape index (κ2) is 11.7. The molecule has 0 saturated carbocycles. The van der Waals surface area contributed by atoms with Crippen LogP contribution in [0.15, 0.2) is 6.07 Å². The molecule has 1 rings (SSSR count). The molecule has 0 spiro atoms. The normalized spacial score (nSPS) is 10.7. The monoisotopic (exact) mass is 350 g/mol. The molecule has 0 aliphatic heterocycles. The summed E-state index contributed by atoms with van der Waals surface area (Å²) in [6.45, 7) is 0.323. The van der Waals surface area contributed by atoms with Crippen LogP contribution in [-0.4, -0.2) is 60.5 Å². The largest absolute Gasteiger partial charge is 0.460 e. The van der Waals surface area contributed by atoms with Gasteiger partial charge in [-0.25, -0.2) is 8.78 Å². The lowest BCUT2D eigenvalue weighted by Crippen LogP contribution is -2.13. The molecule has 136 valence electrons.